The third-order valence-electron chi connectivity index (χ3n) is 6.54. The molecule has 1 saturated heterocycles. The fourth-order valence-electron chi connectivity index (χ4n) is 5.09. The van der Waals surface area contributed by atoms with Gasteiger partial charge in [0.2, 0.25) is 0 Å². The zero-order valence-corrected chi connectivity index (χ0v) is 17.8. The summed E-state index contributed by atoms with van der Waals surface area (Å²) < 4.78 is 22.8. The van der Waals surface area contributed by atoms with Gasteiger partial charge >= 0.3 is 0 Å². The lowest BCUT2D eigenvalue weighted by atomic mass is 10.0. The number of nitrogens with zero attached hydrogens (tertiary/aromatic N) is 1. The van der Waals surface area contributed by atoms with Gasteiger partial charge in [0.05, 0.1) is 19.9 Å². The Labute approximate surface area is 178 Å². The van der Waals surface area contributed by atoms with Crippen molar-refractivity contribution < 1.29 is 18.9 Å². The van der Waals surface area contributed by atoms with Gasteiger partial charge in [-0.1, -0.05) is 6.07 Å². The van der Waals surface area contributed by atoms with E-state index >= 15 is 0 Å². The molecule has 0 bridgehead atoms. The largest absolute Gasteiger partial charge is 0.496 e. The molecular weight excluding hydrogens is 380 g/mol. The summed E-state index contributed by atoms with van der Waals surface area (Å²) >= 11 is 0. The zero-order valence-electron chi connectivity index (χ0n) is 17.8. The summed E-state index contributed by atoms with van der Waals surface area (Å²) in [6, 6.07) is 11.2. The monoisotopic (exact) mass is 410 g/mol. The number of anilines is 1. The van der Waals surface area contributed by atoms with Crippen molar-refractivity contribution in [3.63, 3.8) is 0 Å². The number of hydrogen-bond acceptors (Lipinski definition) is 6. The van der Waals surface area contributed by atoms with Crippen molar-refractivity contribution in [2.75, 3.05) is 45.4 Å². The van der Waals surface area contributed by atoms with Gasteiger partial charge in [-0.05, 0) is 49.9 Å². The second-order valence-corrected chi connectivity index (χ2v) is 8.26. The van der Waals surface area contributed by atoms with Gasteiger partial charge in [0, 0.05) is 36.3 Å². The van der Waals surface area contributed by atoms with Gasteiger partial charge in [0.15, 0.2) is 11.5 Å². The molecule has 160 valence electrons. The number of piperidine rings is 1. The molecule has 3 aliphatic rings. The fourth-order valence-corrected chi connectivity index (χ4v) is 5.09. The molecule has 2 aromatic carbocycles. The summed E-state index contributed by atoms with van der Waals surface area (Å²) in [5.74, 6) is 3.72. The van der Waals surface area contributed by atoms with Crippen LogP contribution in [0.2, 0.25) is 0 Å². The molecule has 0 atom stereocenters. The molecule has 2 aliphatic heterocycles. The number of fused-ring (bicyclic) bond motifs is 2. The SMILES string of the molecule is COc1ccc(OC)c2c1CC(NC1CCN(c3cccc4c3OCCO4)CC1)C2. The fraction of sp³-hybridized carbons (Fsp3) is 0.500. The molecule has 0 amide bonds. The zero-order chi connectivity index (χ0) is 20.5. The topological polar surface area (TPSA) is 52.2 Å². The standard InChI is InChI=1S/C24H30N2O4/c1-27-21-6-7-22(28-2)19-15-17(14-18(19)21)25-16-8-10-26(11-9-16)20-4-3-5-23-24(20)30-13-12-29-23/h3-7,16-17,25H,8-15H2,1-2H3. The van der Waals surface area contributed by atoms with Crippen molar-refractivity contribution in [1.82, 2.24) is 5.32 Å². The molecule has 0 aromatic heterocycles. The van der Waals surface area contributed by atoms with Gasteiger partial charge in [-0.2, -0.15) is 0 Å². The number of benzene rings is 2. The minimum absolute atomic E-state index is 0.433. The van der Waals surface area contributed by atoms with Crippen LogP contribution in [-0.4, -0.2) is 52.6 Å². The van der Waals surface area contributed by atoms with Gasteiger partial charge in [-0.3, -0.25) is 0 Å². The Morgan fingerprint density at radius 1 is 0.867 bits per heavy atom. The molecule has 6 heteroatoms. The summed E-state index contributed by atoms with van der Waals surface area (Å²) in [6.45, 7) is 3.28. The Kier molecular flexibility index (Phi) is 5.34. The lowest BCUT2D eigenvalue weighted by Crippen LogP contribution is -2.46. The first-order valence-corrected chi connectivity index (χ1v) is 10.9. The number of nitrogens with one attached hydrogen (secondary N) is 1. The highest BCUT2D eigenvalue weighted by atomic mass is 16.6. The van der Waals surface area contributed by atoms with Crippen LogP contribution in [0.5, 0.6) is 23.0 Å². The van der Waals surface area contributed by atoms with Crippen LogP contribution < -0.4 is 29.2 Å². The van der Waals surface area contributed by atoms with Crippen molar-refractivity contribution in [3.05, 3.63) is 41.5 Å². The van der Waals surface area contributed by atoms with E-state index in [2.05, 4.69) is 22.3 Å². The van der Waals surface area contributed by atoms with E-state index in [4.69, 9.17) is 18.9 Å². The third-order valence-corrected chi connectivity index (χ3v) is 6.54. The molecule has 2 heterocycles. The summed E-state index contributed by atoms with van der Waals surface area (Å²) in [6.07, 6.45) is 4.22. The van der Waals surface area contributed by atoms with Crippen LogP contribution in [0.4, 0.5) is 5.69 Å². The lowest BCUT2D eigenvalue weighted by molar-refractivity contribution is 0.172. The second kappa shape index (κ2) is 8.26. The van der Waals surface area contributed by atoms with Crippen molar-refractivity contribution in [3.8, 4) is 23.0 Å². The van der Waals surface area contributed by atoms with Crippen LogP contribution in [0, 0.1) is 0 Å². The Balaban J connectivity index is 1.22. The highest BCUT2D eigenvalue weighted by molar-refractivity contribution is 5.65. The van der Waals surface area contributed by atoms with E-state index in [1.54, 1.807) is 14.2 Å². The maximum absolute atomic E-state index is 5.92. The quantitative estimate of drug-likeness (QED) is 0.817. The smallest absolute Gasteiger partial charge is 0.184 e. The highest BCUT2D eigenvalue weighted by Gasteiger charge is 2.31. The van der Waals surface area contributed by atoms with Gasteiger partial charge in [-0.15, -0.1) is 0 Å². The van der Waals surface area contributed by atoms with Crippen LogP contribution in [0.3, 0.4) is 0 Å². The number of rotatable bonds is 5. The molecule has 0 radical (unpaired) electrons. The Morgan fingerprint density at radius 2 is 1.53 bits per heavy atom. The van der Waals surface area contributed by atoms with Gasteiger partial charge in [0.1, 0.15) is 24.7 Å². The van der Waals surface area contributed by atoms with Crippen LogP contribution in [0.25, 0.3) is 0 Å². The van der Waals surface area contributed by atoms with E-state index in [9.17, 15) is 0 Å². The second-order valence-electron chi connectivity index (χ2n) is 8.26. The van der Waals surface area contributed by atoms with Crippen LogP contribution >= 0.6 is 0 Å². The maximum atomic E-state index is 5.92. The van der Waals surface area contributed by atoms with E-state index in [1.807, 2.05) is 18.2 Å². The lowest BCUT2D eigenvalue weighted by Gasteiger charge is -2.36. The summed E-state index contributed by atoms with van der Waals surface area (Å²) in [5.41, 5.74) is 3.74. The predicted octanol–water partition coefficient (Wildman–Crippen LogP) is 3.20. The number of ether oxygens (including phenoxy) is 4. The van der Waals surface area contributed by atoms with Gasteiger partial charge in [-0.25, -0.2) is 0 Å². The van der Waals surface area contributed by atoms with Gasteiger partial charge < -0.3 is 29.2 Å². The van der Waals surface area contributed by atoms with E-state index in [0.29, 0.717) is 25.3 Å². The molecule has 1 aliphatic carbocycles. The van der Waals surface area contributed by atoms with Crippen LogP contribution in [0.15, 0.2) is 30.3 Å². The highest BCUT2D eigenvalue weighted by Crippen LogP contribution is 2.41. The van der Waals surface area contributed by atoms with Gasteiger partial charge in [0.25, 0.3) is 0 Å². The van der Waals surface area contributed by atoms with Crippen molar-refractivity contribution in [2.45, 2.75) is 37.8 Å². The molecule has 0 spiro atoms. The van der Waals surface area contributed by atoms with E-state index in [0.717, 1.165) is 67.5 Å². The predicted molar refractivity (Wildman–Crippen MR) is 117 cm³/mol. The molecule has 0 unspecified atom stereocenters. The molecule has 30 heavy (non-hydrogen) atoms. The van der Waals surface area contributed by atoms with E-state index in [1.165, 1.54) is 11.1 Å². The first-order valence-electron chi connectivity index (χ1n) is 10.9. The molecule has 2 aromatic rings. The summed E-state index contributed by atoms with van der Waals surface area (Å²) in [7, 11) is 3.49. The van der Waals surface area contributed by atoms with Crippen LogP contribution in [-0.2, 0) is 12.8 Å². The van der Waals surface area contributed by atoms with Crippen molar-refractivity contribution in [2.24, 2.45) is 0 Å². The molecule has 0 saturated carbocycles. The number of hydrogen-bond donors (Lipinski definition) is 1. The van der Waals surface area contributed by atoms with Crippen molar-refractivity contribution in [1.29, 1.82) is 0 Å². The summed E-state index contributed by atoms with van der Waals surface area (Å²) in [4.78, 5) is 2.43. The maximum Gasteiger partial charge on any atom is 0.184 e. The molecule has 5 rings (SSSR count). The first kappa shape index (κ1) is 19.4. The Morgan fingerprint density at radius 3 is 2.20 bits per heavy atom. The molecular formula is C24H30N2O4. The minimum atomic E-state index is 0.433. The minimum Gasteiger partial charge on any atom is -0.496 e. The first-order chi connectivity index (χ1) is 14.8. The van der Waals surface area contributed by atoms with Crippen molar-refractivity contribution >= 4 is 5.69 Å². The number of methoxy groups -OCH3 is 2. The normalized spacial score (nSPS) is 18.9. The Hall–Kier alpha value is -2.60. The van der Waals surface area contributed by atoms with Crippen LogP contribution in [0.1, 0.15) is 24.0 Å². The molecule has 6 nitrogen and oxygen atoms in total. The summed E-state index contributed by atoms with van der Waals surface area (Å²) in [5, 5.41) is 3.91. The average Bonchev–Trinajstić information content (AvgIpc) is 3.22. The third kappa shape index (κ3) is 3.54. The number of para-hydroxylation sites is 1. The Bertz CT molecular complexity index is 875. The van der Waals surface area contributed by atoms with E-state index in [-0.39, 0.29) is 0 Å². The van der Waals surface area contributed by atoms with E-state index < -0.39 is 0 Å². The molecule has 1 fully saturated rings. The molecule has 1 N–H and O–H groups in total. The average molecular weight is 411 g/mol.